The van der Waals surface area contributed by atoms with Gasteiger partial charge < -0.3 is 19.9 Å². The lowest BCUT2D eigenvalue weighted by Crippen LogP contribution is -2.55. The first-order valence-electron chi connectivity index (χ1n) is 8.64. The molecule has 6 nitrogen and oxygen atoms in total. The van der Waals surface area contributed by atoms with Gasteiger partial charge in [0, 0.05) is 31.7 Å². The zero-order valence-electron chi connectivity index (χ0n) is 14.2. The Labute approximate surface area is 142 Å². The molecule has 0 bridgehead atoms. The van der Waals surface area contributed by atoms with Gasteiger partial charge in [0.2, 0.25) is 5.91 Å². The summed E-state index contributed by atoms with van der Waals surface area (Å²) in [7, 11) is 1.59. The Kier molecular flexibility index (Phi) is 5.35. The molecular weight excluding hydrogens is 306 g/mol. The number of nitrogens with one attached hydrogen (secondary N) is 1. The van der Waals surface area contributed by atoms with Gasteiger partial charge in [0.15, 0.2) is 0 Å². The molecule has 2 aliphatic rings. The molecule has 130 valence electrons. The van der Waals surface area contributed by atoms with E-state index in [9.17, 15) is 9.59 Å². The summed E-state index contributed by atoms with van der Waals surface area (Å²) in [5.41, 5.74) is 0.628. The summed E-state index contributed by atoms with van der Waals surface area (Å²) in [6.45, 7) is 3.28. The maximum absolute atomic E-state index is 12.6. The quantitative estimate of drug-likeness (QED) is 0.902. The van der Waals surface area contributed by atoms with Crippen molar-refractivity contribution in [3.8, 4) is 5.75 Å². The number of piperidine rings is 1. The number of hydrogen-bond donors (Lipinski definition) is 1. The fourth-order valence-corrected chi connectivity index (χ4v) is 3.35. The van der Waals surface area contributed by atoms with Crippen molar-refractivity contribution >= 4 is 11.8 Å². The summed E-state index contributed by atoms with van der Waals surface area (Å²) in [6, 6.07) is 7.16. The normalized spacial score (nSPS) is 21.5. The Morgan fingerprint density at radius 2 is 1.88 bits per heavy atom. The number of carbonyl (C=O) groups excluding carboxylic acids is 2. The van der Waals surface area contributed by atoms with Crippen molar-refractivity contribution in [3.05, 3.63) is 29.8 Å². The van der Waals surface area contributed by atoms with Crippen molar-refractivity contribution in [2.45, 2.75) is 25.3 Å². The molecule has 0 radical (unpaired) electrons. The van der Waals surface area contributed by atoms with E-state index in [4.69, 9.17) is 4.74 Å². The minimum Gasteiger partial charge on any atom is -0.497 e. The van der Waals surface area contributed by atoms with Crippen LogP contribution < -0.4 is 10.1 Å². The molecule has 0 aliphatic carbocycles. The first kappa shape index (κ1) is 16.8. The molecule has 1 aromatic rings. The largest absolute Gasteiger partial charge is 0.497 e. The van der Waals surface area contributed by atoms with Gasteiger partial charge >= 0.3 is 0 Å². The van der Waals surface area contributed by atoms with E-state index in [1.54, 1.807) is 19.2 Å². The molecule has 0 spiro atoms. The Morgan fingerprint density at radius 1 is 1.12 bits per heavy atom. The van der Waals surface area contributed by atoms with Crippen LogP contribution in [0, 0.1) is 0 Å². The summed E-state index contributed by atoms with van der Waals surface area (Å²) < 4.78 is 5.18. The van der Waals surface area contributed by atoms with Crippen molar-refractivity contribution < 1.29 is 14.3 Å². The summed E-state index contributed by atoms with van der Waals surface area (Å²) in [5.74, 6) is 0.859. The van der Waals surface area contributed by atoms with E-state index >= 15 is 0 Å². The van der Waals surface area contributed by atoms with Gasteiger partial charge in [0.1, 0.15) is 5.75 Å². The maximum atomic E-state index is 12.6. The Hall–Kier alpha value is -2.08. The predicted molar refractivity (Wildman–Crippen MR) is 91.1 cm³/mol. The highest BCUT2D eigenvalue weighted by atomic mass is 16.5. The third kappa shape index (κ3) is 3.70. The molecule has 0 aromatic heterocycles. The predicted octanol–water partition coefficient (Wildman–Crippen LogP) is 1.12. The Bertz CT molecular complexity index is 591. The second-order valence-corrected chi connectivity index (χ2v) is 6.35. The van der Waals surface area contributed by atoms with Gasteiger partial charge in [-0.3, -0.25) is 9.59 Å². The molecule has 2 fully saturated rings. The van der Waals surface area contributed by atoms with Crippen molar-refractivity contribution in [1.29, 1.82) is 0 Å². The molecule has 1 unspecified atom stereocenters. The molecule has 3 rings (SSSR count). The van der Waals surface area contributed by atoms with Crippen LogP contribution in [0.4, 0.5) is 0 Å². The topological polar surface area (TPSA) is 61.9 Å². The standard InChI is InChI=1S/C18H25N3O3/c1-24-15-6-4-5-14(13-15)17(22)20-9-11-21(12-10-20)18(23)16-7-2-3-8-19-16/h4-6,13,16,19H,2-3,7-12H2,1H3. The maximum Gasteiger partial charge on any atom is 0.254 e. The lowest BCUT2D eigenvalue weighted by molar-refractivity contribution is -0.135. The van der Waals surface area contributed by atoms with Crippen LogP contribution >= 0.6 is 0 Å². The number of carbonyl (C=O) groups is 2. The van der Waals surface area contributed by atoms with Gasteiger partial charge in [0.05, 0.1) is 13.2 Å². The molecule has 6 heteroatoms. The fourth-order valence-electron chi connectivity index (χ4n) is 3.35. The van der Waals surface area contributed by atoms with Gasteiger partial charge in [-0.1, -0.05) is 12.5 Å². The summed E-state index contributed by atoms with van der Waals surface area (Å²) in [4.78, 5) is 28.8. The van der Waals surface area contributed by atoms with E-state index in [0.717, 1.165) is 25.8 Å². The molecule has 1 aromatic carbocycles. The lowest BCUT2D eigenvalue weighted by Gasteiger charge is -2.37. The zero-order valence-corrected chi connectivity index (χ0v) is 14.2. The van der Waals surface area contributed by atoms with E-state index in [0.29, 0.717) is 37.5 Å². The van der Waals surface area contributed by atoms with E-state index in [1.165, 1.54) is 0 Å². The van der Waals surface area contributed by atoms with Crippen LogP contribution in [0.2, 0.25) is 0 Å². The van der Waals surface area contributed by atoms with Gasteiger partial charge in [-0.2, -0.15) is 0 Å². The van der Waals surface area contributed by atoms with Gasteiger partial charge in [-0.05, 0) is 37.6 Å². The minimum absolute atomic E-state index is 0.00297. The van der Waals surface area contributed by atoms with Crippen LogP contribution in [0.15, 0.2) is 24.3 Å². The number of rotatable bonds is 3. The zero-order chi connectivity index (χ0) is 16.9. The molecule has 0 saturated carbocycles. The fraction of sp³-hybridized carbons (Fsp3) is 0.556. The first-order valence-corrected chi connectivity index (χ1v) is 8.64. The summed E-state index contributed by atoms with van der Waals surface area (Å²) >= 11 is 0. The second kappa shape index (κ2) is 7.66. The van der Waals surface area contributed by atoms with Crippen LogP contribution in [0.5, 0.6) is 5.75 Å². The number of nitrogens with zero attached hydrogens (tertiary/aromatic N) is 2. The van der Waals surface area contributed by atoms with E-state index in [1.807, 2.05) is 21.9 Å². The third-order valence-corrected chi connectivity index (χ3v) is 4.80. The van der Waals surface area contributed by atoms with Crippen LogP contribution in [0.25, 0.3) is 0 Å². The number of piperazine rings is 1. The van der Waals surface area contributed by atoms with Gasteiger partial charge in [-0.15, -0.1) is 0 Å². The molecule has 1 atom stereocenters. The molecular formula is C18H25N3O3. The minimum atomic E-state index is -0.0422. The lowest BCUT2D eigenvalue weighted by atomic mass is 10.0. The average molecular weight is 331 g/mol. The number of ether oxygens (including phenoxy) is 1. The third-order valence-electron chi connectivity index (χ3n) is 4.80. The monoisotopic (exact) mass is 331 g/mol. The highest BCUT2D eigenvalue weighted by Crippen LogP contribution is 2.16. The van der Waals surface area contributed by atoms with E-state index < -0.39 is 0 Å². The van der Waals surface area contributed by atoms with Crippen LogP contribution in [-0.2, 0) is 4.79 Å². The van der Waals surface area contributed by atoms with E-state index in [2.05, 4.69) is 5.32 Å². The molecule has 1 N–H and O–H groups in total. The first-order chi connectivity index (χ1) is 11.7. The SMILES string of the molecule is COc1cccc(C(=O)N2CCN(C(=O)C3CCCCN3)CC2)c1. The molecule has 2 saturated heterocycles. The highest BCUT2D eigenvalue weighted by Gasteiger charge is 2.29. The average Bonchev–Trinajstić information content (AvgIpc) is 2.67. The highest BCUT2D eigenvalue weighted by molar-refractivity contribution is 5.94. The van der Waals surface area contributed by atoms with Crippen molar-refractivity contribution in [2.24, 2.45) is 0 Å². The van der Waals surface area contributed by atoms with Crippen LogP contribution in [0.3, 0.4) is 0 Å². The van der Waals surface area contributed by atoms with Crippen molar-refractivity contribution in [2.75, 3.05) is 39.8 Å². The summed E-state index contributed by atoms with van der Waals surface area (Å²) in [6.07, 6.45) is 3.17. The summed E-state index contributed by atoms with van der Waals surface area (Å²) in [5, 5.41) is 3.30. The van der Waals surface area contributed by atoms with Crippen molar-refractivity contribution in [3.63, 3.8) is 0 Å². The Morgan fingerprint density at radius 3 is 2.54 bits per heavy atom. The molecule has 24 heavy (non-hydrogen) atoms. The second-order valence-electron chi connectivity index (χ2n) is 6.35. The number of benzene rings is 1. The molecule has 2 aliphatic heterocycles. The smallest absolute Gasteiger partial charge is 0.254 e. The van der Waals surface area contributed by atoms with Crippen molar-refractivity contribution in [1.82, 2.24) is 15.1 Å². The Balaban J connectivity index is 1.56. The van der Waals surface area contributed by atoms with Crippen LogP contribution in [0.1, 0.15) is 29.6 Å². The molecule has 2 amide bonds. The van der Waals surface area contributed by atoms with Gasteiger partial charge in [0.25, 0.3) is 5.91 Å². The van der Waals surface area contributed by atoms with E-state index in [-0.39, 0.29) is 17.9 Å². The number of hydrogen-bond acceptors (Lipinski definition) is 4. The number of amides is 2. The van der Waals surface area contributed by atoms with Gasteiger partial charge in [-0.25, -0.2) is 0 Å². The van der Waals surface area contributed by atoms with Crippen LogP contribution in [-0.4, -0.2) is 67.5 Å². The molecule has 2 heterocycles. The number of methoxy groups -OCH3 is 1.